The van der Waals surface area contributed by atoms with Crippen LogP contribution in [-0.4, -0.2) is 29.3 Å². The van der Waals surface area contributed by atoms with E-state index in [0.717, 1.165) is 29.7 Å². The predicted molar refractivity (Wildman–Crippen MR) is 129 cm³/mol. The molecule has 0 unspecified atom stereocenters. The average Bonchev–Trinajstić information content (AvgIpc) is 2.86. The number of likely N-dealkylation sites (tertiary alicyclic amines) is 1. The minimum atomic E-state index is -0.888. The van der Waals surface area contributed by atoms with Crippen molar-refractivity contribution in [2.24, 2.45) is 11.3 Å². The van der Waals surface area contributed by atoms with Crippen LogP contribution < -0.4 is 5.32 Å². The third kappa shape index (κ3) is 5.06. The maximum Gasteiger partial charge on any atom is 0.318 e. The number of allylic oxidation sites excluding steroid dienone is 1. The Bertz CT molecular complexity index is 1050. The molecule has 1 aliphatic heterocycles. The zero-order valence-electron chi connectivity index (χ0n) is 19.7. The molecule has 0 radical (unpaired) electrons. The molecular weight excluding hydrogens is 428 g/mol. The van der Waals surface area contributed by atoms with Crippen molar-refractivity contribution in [2.75, 3.05) is 6.61 Å². The molecule has 2 aromatic rings. The number of ether oxygens (including phenoxy) is 1. The molecule has 6 heteroatoms. The highest BCUT2D eigenvalue weighted by Gasteiger charge is 2.54. The quantitative estimate of drug-likeness (QED) is 0.594. The molecule has 2 amide bonds. The molecule has 178 valence electrons. The third-order valence-corrected chi connectivity index (χ3v) is 6.75. The van der Waals surface area contributed by atoms with Gasteiger partial charge >= 0.3 is 5.97 Å². The van der Waals surface area contributed by atoms with Gasteiger partial charge in [0.15, 0.2) is 0 Å². The molecule has 4 rings (SSSR count). The van der Waals surface area contributed by atoms with Crippen molar-refractivity contribution in [3.8, 4) is 0 Å². The number of hydrogen-bond acceptors (Lipinski definition) is 4. The van der Waals surface area contributed by atoms with E-state index in [1.54, 1.807) is 11.8 Å². The van der Waals surface area contributed by atoms with E-state index in [1.807, 2.05) is 66.7 Å². The zero-order chi connectivity index (χ0) is 24.0. The van der Waals surface area contributed by atoms with Crippen molar-refractivity contribution >= 4 is 17.8 Å². The van der Waals surface area contributed by atoms with Gasteiger partial charge in [-0.05, 0) is 43.7 Å². The summed E-state index contributed by atoms with van der Waals surface area (Å²) in [6.07, 6.45) is 4.66. The van der Waals surface area contributed by atoms with Crippen molar-refractivity contribution in [1.29, 1.82) is 0 Å². The normalized spacial score (nSPS) is 21.9. The number of fused-ring (bicyclic) bond motifs is 1. The summed E-state index contributed by atoms with van der Waals surface area (Å²) in [4.78, 5) is 41.5. The van der Waals surface area contributed by atoms with E-state index in [-0.39, 0.29) is 30.8 Å². The molecule has 0 saturated carbocycles. The average molecular weight is 461 g/mol. The Morgan fingerprint density at radius 1 is 1.06 bits per heavy atom. The lowest BCUT2D eigenvalue weighted by atomic mass is 9.66. The summed E-state index contributed by atoms with van der Waals surface area (Å²) in [6, 6.07) is 19.4. The summed E-state index contributed by atoms with van der Waals surface area (Å²) >= 11 is 0. The van der Waals surface area contributed by atoms with Gasteiger partial charge in [0.2, 0.25) is 11.8 Å². The van der Waals surface area contributed by atoms with E-state index in [0.29, 0.717) is 25.9 Å². The van der Waals surface area contributed by atoms with Crippen LogP contribution in [0.5, 0.6) is 0 Å². The number of benzene rings is 2. The van der Waals surface area contributed by atoms with Crippen LogP contribution in [0.4, 0.5) is 0 Å². The lowest BCUT2D eigenvalue weighted by molar-refractivity contribution is -0.162. The lowest BCUT2D eigenvalue weighted by Gasteiger charge is -2.48. The maximum atomic E-state index is 13.7. The van der Waals surface area contributed by atoms with E-state index in [1.165, 1.54) is 0 Å². The van der Waals surface area contributed by atoms with Crippen molar-refractivity contribution < 1.29 is 19.1 Å². The first kappa shape index (κ1) is 23.7. The summed E-state index contributed by atoms with van der Waals surface area (Å²) < 4.78 is 5.52. The molecule has 34 heavy (non-hydrogen) atoms. The van der Waals surface area contributed by atoms with Gasteiger partial charge in [0.05, 0.1) is 13.2 Å². The Kier molecular flexibility index (Phi) is 7.46. The molecule has 1 heterocycles. The lowest BCUT2D eigenvalue weighted by Crippen LogP contribution is -2.54. The Hall–Kier alpha value is -3.41. The Balaban J connectivity index is 1.59. The van der Waals surface area contributed by atoms with Crippen LogP contribution in [0.25, 0.3) is 0 Å². The van der Waals surface area contributed by atoms with Crippen molar-refractivity contribution in [1.82, 2.24) is 10.2 Å². The second-order valence-corrected chi connectivity index (χ2v) is 9.06. The highest BCUT2D eigenvalue weighted by atomic mass is 16.5. The summed E-state index contributed by atoms with van der Waals surface area (Å²) in [5, 5.41) is 2.93. The van der Waals surface area contributed by atoms with Gasteiger partial charge < -0.3 is 15.0 Å². The van der Waals surface area contributed by atoms with Crippen molar-refractivity contribution in [3.63, 3.8) is 0 Å². The van der Waals surface area contributed by atoms with Crippen molar-refractivity contribution in [2.45, 2.75) is 52.1 Å². The SMILES string of the molecule is CCOC(=O)[C@]12CCCC=C1N(Cc1ccccc1)C(=O)[C@H](CC(=O)NCc1ccccc1)C2. The van der Waals surface area contributed by atoms with E-state index in [9.17, 15) is 14.4 Å². The number of amides is 2. The molecule has 1 fully saturated rings. The fourth-order valence-electron chi connectivity index (χ4n) is 5.13. The number of carbonyl (C=O) groups excluding carboxylic acids is 3. The summed E-state index contributed by atoms with van der Waals surface area (Å²) in [6.45, 7) is 2.85. The maximum absolute atomic E-state index is 13.7. The largest absolute Gasteiger partial charge is 0.465 e. The first-order valence-electron chi connectivity index (χ1n) is 12.1. The fourth-order valence-corrected chi connectivity index (χ4v) is 5.13. The van der Waals surface area contributed by atoms with Crippen LogP contribution in [0, 0.1) is 11.3 Å². The monoisotopic (exact) mass is 460 g/mol. The van der Waals surface area contributed by atoms with E-state index in [2.05, 4.69) is 5.32 Å². The molecule has 0 bridgehead atoms. The Labute approximate surface area is 201 Å². The first-order valence-corrected chi connectivity index (χ1v) is 12.1. The van der Waals surface area contributed by atoms with Crippen LogP contribution in [0.15, 0.2) is 72.4 Å². The molecule has 1 N–H and O–H groups in total. The molecular formula is C28H32N2O4. The highest BCUT2D eigenvalue weighted by Crippen LogP contribution is 2.50. The van der Waals surface area contributed by atoms with E-state index < -0.39 is 11.3 Å². The van der Waals surface area contributed by atoms with Crippen LogP contribution in [0.3, 0.4) is 0 Å². The molecule has 6 nitrogen and oxygen atoms in total. The van der Waals surface area contributed by atoms with E-state index >= 15 is 0 Å². The zero-order valence-corrected chi connectivity index (χ0v) is 19.7. The van der Waals surface area contributed by atoms with Gasteiger partial charge in [-0.3, -0.25) is 14.4 Å². The smallest absolute Gasteiger partial charge is 0.318 e. The fraction of sp³-hybridized carbons (Fsp3) is 0.393. The number of rotatable bonds is 8. The van der Waals surface area contributed by atoms with Gasteiger partial charge in [0, 0.05) is 24.6 Å². The first-order chi connectivity index (χ1) is 16.5. The van der Waals surface area contributed by atoms with Gasteiger partial charge in [-0.1, -0.05) is 66.7 Å². The Morgan fingerprint density at radius 3 is 2.41 bits per heavy atom. The second kappa shape index (κ2) is 10.7. The van der Waals surface area contributed by atoms with Crippen LogP contribution in [0.1, 0.15) is 50.2 Å². The molecule has 2 atom stereocenters. The second-order valence-electron chi connectivity index (χ2n) is 9.06. The van der Waals surface area contributed by atoms with Gasteiger partial charge in [0.1, 0.15) is 5.41 Å². The molecule has 0 aromatic heterocycles. The number of nitrogens with zero attached hydrogens (tertiary/aromatic N) is 1. The van der Waals surface area contributed by atoms with Gasteiger partial charge in [0.25, 0.3) is 0 Å². The predicted octanol–water partition coefficient (Wildman–Crippen LogP) is 4.36. The van der Waals surface area contributed by atoms with Crippen LogP contribution in [-0.2, 0) is 32.2 Å². The number of esters is 1. The minimum Gasteiger partial charge on any atom is -0.465 e. The van der Waals surface area contributed by atoms with Crippen molar-refractivity contribution in [3.05, 3.63) is 83.6 Å². The van der Waals surface area contributed by atoms with Gasteiger partial charge in [-0.15, -0.1) is 0 Å². The minimum absolute atomic E-state index is 0.0470. The standard InChI is InChI=1S/C28H32N2O4/c1-2-34-27(33)28-16-10-9-15-24(28)30(20-22-13-7-4-8-14-22)26(32)23(18-28)17-25(31)29-19-21-11-5-3-6-12-21/h3-8,11-15,23H,2,9-10,16-20H2,1H3,(H,29,31)/t23-,28+/m1/s1. The molecule has 1 saturated heterocycles. The number of piperidine rings is 1. The third-order valence-electron chi connectivity index (χ3n) is 6.75. The molecule has 1 aliphatic carbocycles. The number of carbonyl (C=O) groups is 3. The van der Waals surface area contributed by atoms with E-state index in [4.69, 9.17) is 4.74 Å². The molecule has 0 spiro atoms. The van der Waals surface area contributed by atoms with Gasteiger partial charge in [-0.2, -0.15) is 0 Å². The van der Waals surface area contributed by atoms with Gasteiger partial charge in [-0.25, -0.2) is 0 Å². The Morgan fingerprint density at radius 2 is 1.74 bits per heavy atom. The topological polar surface area (TPSA) is 75.7 Å². The summed E-state index contributed by atoms with van der Waals surface area (Å²) in [5.74, 6) is -1.17. The summed E-state index contributed by atoms with van der Waals surface area (Å²) in [5.41, 5.74) is 1.83. The number of nitrogens with one attached hydrogen (secondary N) is 1. The summed E-state index contributed by atoms with van der Waals surface area (Å²) in [7, 11) is 0. The highest BCUT2D eigenvalue weighted by molar-refractivity contribution is 5.92. The molecule has 2 aliphatic rings. The molecule has 2 aromatic carbocycles. The number of hydrogen-bond donors (Lipinski definition) is 1. The van der Waals surface area contributed by atoms with Crippen LogP contribution in [0.2, 0.25) is 0 Å². The van der Waals surface area contributed by atoms with Crippen LogP contribution >= 0.6 is 0 Å².